The summed E-state index contributed by atoms with van der Waals surface area (Å²) in [6.45, 7) is 11.9. The van der Waals surface area contributed by atoms with Crippen molar-refractivity contribution in [1.82, 2.24) is 10.2 Å². The Bertz CT molecular complexity index is 205. The summed E-state index contributed by atoms with van der Waals surface area (Å²) in [4.78, 5) is 2.68. The van der Waals surface area contributed by atoms with E-state index < -0.39 is 0 Å². The van der Waals surface area contributed by atoms with Crippen LogP contribution in [0.2, 0.25) is 0 Å². The molecule has 0 aromatic heterocycles. The van der Waals surface area contributed by atoms with Crippen LogP contribution in [0.4, 0.5) is 0 Å². The van der Waals surface area contributed by atoms with Crippen molar-refractivity contribution in [2.45, 2.75) is 78.2 Å². The van der Waals surface area contributed by atoms with E-state index in [2.05, 4.69) is 31.0 Å². The summed E-state index contributed by atoms with van der Waals surface area (Å²) in [7, 11) is 0. The van der Waals surface area contributed by atoms with E-state index in [1.54, 1.807) is 0 Å². The summed E-state index contributed by atoms with van der Waals surface area (Å²) in [5.41, 5.74) is 0. The lowest BCUT2D eigenvalue weighted by atomic mass is 9.93. The number of hydrogen-bond donors (Lipinski definition) is 1. The van der Waals surface area contributed by atoms with Crippen molar-refractivity contribution in [1.29, 1.82) is 0 Å². The molecule has 1 N–H and O–H groups in total. The van der Waals surface area contributed by atoms with E-state index in [-0.39, 0.29) is 0 Å². The van der Waals surface area contributed by atoms with Gasteiger partial charge in [-0.05, 0) is 51.2 Å². The van der Waals surface area contributed by atoms with E-state index in [1.165, 1.54) is 77.5 Å². The smallest absolute Gasteiger partial charge is 0.0107 e. The summed E-state index contributed by atoms with van der Waals surface area (Å²) < 4.78 is 0. The summed E-state index contributed by atoms with van der Waals surface area (Å²) in [6.07, 6.45) is 11.1. The summed E-state index contributed by atoms with van der Waals surface area (Å²) in [5.74, 6) is 0.880. The Morgan fingerprint density at radius 2 is 1.79 bits per heavy atom. The zero-order valence-corrected chi connectivity index (χ0v) is 13.6. The molecular weight excluding hydrogens is 232 g/mol. The first kappa shape index (κ1) is 17.0. The molecule has 19 heavy (non-hydrogen) atoms. The van der Waals surface area contributed by atoms with Crippen LogP contribution in [0.25, 0.3) is 0 Å². The molecule has 2 atom stereocenters. The van der Waals surface area contributed by atoms with Gasteiger partial charge in [-0.25, -0.2) is 0 Å². The molecule has 0 spiro atoms. The van der Waals surface area contributed by atoms with Gasteiger partial charge in [0.25, 0.3) is 0 Å². The molecule has 0 heterocycles. The minimum Gasteiger partial charge on any atom is -0.314 e. The average Bonchev–Trinajstić information content (AvgIpc) is 2.66. The zero-order chi connectivity index (χ0) is 13.9. The molecule has 1 rings (SSSR count). The maximum atomic E-state index is 3.82. The molecule has 2 nitrogen and oxygen atoms in total. The largest absolute Gasteiger partial charge is 0.314 e. The Kier molecular flexibility index (Phi) is 9.54. The normalized spacial score (nSPS) is 24.6. The highest BCUT2D eigenvalue weighted by Gasteiger charge is 2.24. The van der Waals surface area contributed by atoms with Crippen LogP contribution in [0.3, 0.4) is 0 Å². The Morgan fingerprint density at radius 1 is 1.00 bits per heavy atom. The number of rotatable bonds is 9. The molecule has 2 unspecified atom stereocenters. The van der Waals surface area contributed by atoms with Gasteiger partial charge in [0, 0.05) is 12.6 Å². The van der Waals surface area contributed by atoms with Gasteiger partial charge in [0.1, 0.15) is 0 Å². The molecule has 1 aliphatic rings. The van der Waals surface area contributed by atoms with Crippen LogP contribution in [0.5, 0.6) is 0 Å². The molecule has 1 fully saturated rings. The first-order valence-corrected chi connectivity index (χ1v) is 8.77. The van der Waals surface area contributed by atoms with Crippen molar-refractivity contribution in [2.24, 2.45) is 5.92 Å². The third-order valence-electron chi connectivity index (χ3n) is 4.58. The number of unbranched alkanes of at least 4 members (excludes halogenated alkanes) is 1. The standard InChI is InChI=1S/C17H36N2/c1-4-7-14-19(6-3)15-16-11-9-8-10-12-17(16)18-13-5-2/h16-18H,4-15H2,1-3H3. The molecule has 1 saturated carbocycles. The van der Waals surface area contributed by atoms with Crippen LogP contribution in [0.1, 0.15) is 72.1 Å². The summed E-state index contributed by atoms with van der Waals surface area (Å²) in [6, 6.07) is 0.776. The Morgan fingerprint density at radius 3 is 2.47 bits per heavy atom. The van der Waals surface area contributed by atoms with Crippen molar-refractivity contribution in [3.63, 3.8) is 0 Å². The molecule has 0 aromatic carbocycles. The van der Waals surface area contributed by atoms with Gasteiger partial charge in [0.15, 0.2) is 0 Å². The number of nitrogens with zero attached hydrogens (tertiary/aromatic N) is 1. The van der Waals surface area contributed by atoms with Gasteiger partial charge in [0.05, 0.1) is 0 Å². The van der Waals surface area contributed by atoms with Gasteiger partial charge >= 0.3 is 0 Å². The quantitative estimate of drug-likeness (QED) is 0.635. The van der Waals surface area contributed by atoms with Crippen LogP contribution in [0, 0.1) is 5.92 Å². The maximum Gasteiger partial charge on any atom is 0.0107 e. The molecular formula is C17H36N2. The van der Waals surface area contributed by atoms with Crippen LogP contribution in [-0.2, 0) is 0 Å². The summed E-state index contributed by atoms with van der Waals surface area (Å²) in [5, 5.41) is 3.82. The molecule has 2 heteroatoms. The predicted molar refractivity (Wildman–Crippen MR) is 85.7 cm³/mol. The lowest BCUT2D eigenvalue weighted by Crippen LogP contribution is -2.42. The molecule has 1 aliphatic carbocycles. The van der Waals surface area contributed by atoms with Gasteiger partial charge in [-0.3, -0.25) is 0 Å². The van der Waals surface area contributed by atoms with Crippen LogP contribution in [0.15, 0.2) is 0 Å². The minimum absolute atomic E-state index is 0.776. The van der Waals surface area contributed by atoms with Gasteiger partial charge in [-0.1, -0.05) is 46.5 Å². The zero-order valence-electron chi connectivity index (χ0n) is 13.6. The molecule has 114 valence electrons. The Hall–Kier alpha value is -0.0800. The van der Waals surface area contributed by atoms with Crippen molar-refractivity contribution in [3.05, 3.63) is 0 Å². The lowest BCUT2D eigenvalue weighted by Gasteiger charge is -2.31. The van der Waals surface area contributed by atoms with Crippen molar-refractivity contribution in [2.75, 3.05) is 26.2 Å². The number of nitrogens with one attached hydrogen (secondary N) is 1. The van der Waals surface area contributed by atoms with Crippen molar-refractivity contribution >= 4 is 0 Å². The third kappa shape index (κ3) is 6.76. The first-order valence-electron chi connectivity index (χ1n) is 8.77. The second-order valence-electron chi connectivity index (χ2n) is 6.21. The van der Waals surface area contributed by atoms with Gasteiger partial charge in [-0.15, -0.1) is 0 Å². The first-order chi connectivity index (χ1) is 9.31. The highest BCUT2D eigenvalue weighted by atomic mass is 15.1. The van der Waals surface area contributed by atoms with E-state index in [0.29, 0.717) is 0 Å². The lowest BCUT2D eigenvalue weighted by molar-refractivity contribution is 0.198. The average molecular weight is 268 g/mol. The molecule has 0 aliphatic heterocycles. The fourth-order valence-corrected chi connectivity index (χ4v) is 3.29. The molecule has 0 bridgehead atoms. The van der Waals surface area contributed by atoms with Crippen LogP contribution in [-0.4, -0.2) is 37.1 Å². The van der Waals surface area contributed by atoms with Crippen LogP contribution < -0.4 is 5.32 Å². The second kappa shape index (κ2) is 10.7. The van der Waals surface area contributed by atoms with Crippen LogP contribution >= 0.6 is 0 Å². The summed E-state index contributed by atoms with van der Waals surface area (Å²) >= 11 is 0. The highest BCUT2D eigenvalue weighted by molar-refractivity contribution is 4.81. The van der Waals surface area contributed by atoms with Crippen molar-refractivity contribution < 1.29 is 0 Å². The van der Waals surface area contributed by atoms with E-state index in [4.69, 9.17) is 0 Å². The third-order valence-corrected chi connectivity index (χ3v) is 4.58. The van der Waals surface area contributed by atoms with Crippen molar-refractivity contribution in [3.8, 4) is 0 Å². The fraction of sp³-hybridized carbons (Fsp3) is 1.00. The second-order valence-corrected chi connectivity index (χ2v) is 6.21. The van der Waals surface area contributed by atoms with Gasteiger partial charge < -0.3 is 10.2 Å². The topological polar surface area (TPSA) is 15.3 Å². The van der Waals surface area contributed by atoms with E-state index in [1.807, 2.05) is 0 Å². The minimum atomic E-state index is 0.776. The molecule has 0 amide bonds. The maximum absolute atomic E-state index is 3.82. The highest BCUT2D eigenvalue weighted by Crippen LogP contribution is 2.24. The van der Waals surface area contributed by atoms with Gasteiger partial charge in [-0.2, -0.15) is 0 Å². The molecule has 0 radical (unpaired) electrons. The van der Waals surface area contributed by atoms with Gasteiger partial charge in [0.2, 0.25) is 0 Å². The van der Waals surface area contributed by atoms with E-state index >= 15 is 0 Å². The molecule has 0 aromatic rings. The Balaban J connectivity index is 2.47. The number of hydrogen-bond acceptors (Lipinski definition) is 2. The fourth-order valence-electron chi connectivity index (χ4n) is 3.29. The molecule has 0 saturated heterocycles. The van der Waals surface area contributed by atoms with E-state index in [0.717, 1.165) is 12.0 Å². The monoisotopic (exact) mass is 268 g/mol. The predicted octanol–water partition coefficient (Wildman–Crippen LogP) is 4.06. The SMILES string of the molecule is CCCCN(CC)CC1CCCCCC1NCCC. The Labute approximate surface area is 121 Å². The van der Waals surface area contributed by atoms with E-state index in [9.17, 15) is 0 Å².